The molecule has 0 saturated carbocycles. The Bertz CT molecular complexity index is 933. The van der Waals surface area contributed by atoms with Crippen LogP contribution in [0.15, 0.2) is 53.4 Å². The van der Waals surface area contributed by atoms with Gasteiger partial charge in [0.2, 0.25) is 10.0 Å². The minimum absolute atomic E-state index is 0.0153. The van der Waals surface area contributed by atoms with Gasteiger partial charge in [0.1, 0.15) is 17.6 Å². The molecule has 0 spiro atoms. The van der Waals surface area contributed by atoms with Crippen molar-refractivity contribution in [3.05, 3.63) is 54.1 Å². The van der Waals surface area contributed by atoms with Crippen molar-refractivity contribution in [3.8, 4) is 11.5 Å². The van der Waals surface area contributed by atoms with Crippen molar-refractivity contribution in [1.29, 1.82) is 0 Å². The van der Waals surface area contributed by atoms with Crippen LogP contribution in [0.4, 0.5) is 0 Å². The van der Waals surface area contributed by atoms with Gasteiger partial charge in [-0.1, -0.05) is 6.07 Å². The highest BCUT2D eigenvalue weighted by Gasteiger charge is 2.25. The third-order valence-electron chi connectivity index (χ3n) is 4.73. The van der Waals surface area contributed by atoms with E-state index in [1.54, 1.807) is 41.3 Å². The Morgan fingerprint density at radius 2 is 1.75 bits per heavy atom. The predicted molar refractivity (Wildman–Crippen MR) is 105 cm³/mol. The van der Waals surface area contributed by atoms with Gasteiger partial charge in [0, 0.05) is 51.7 Å². The number of sulfonamides is 1. The maximum Gasteiger partial charge on any atom is 0.253 e. The highest BCUT2D eigenvalue weighted by molar-refractivity contribution is 7.89. The molecule has 0 aliphatic carbocycles. The lowest BCUT2D eigenvalue weighted by molar-refractivity contribution is 0.0595. The second-order valence-electron chi connectivity index (χ2n) is 6.92. The van der Waals surface area contributed by atoms with Gasteiger partial charge in [-0.2, -0.15) is 0 Å². The molecule has 1 fully saturated rings. The van der Waals surface area contributed by atoms with Crippen LogP contribution < -0.4 is 4.74 Å². The number of aromatic hydroxyl groups is 1. The maximum atomic E-state index is 12.7. The molecule has 7 nitrogen and oxygen atoms in total. The highest BCUT2D eigenvalue weighted by atomic mass is 32.2. The van der Waals surface area contributed by atoms with E-state index in [9.17, 15) is 18.3 Å². The van der Waals surface area contributed by atoms with E-state index in [0.29, 0.717) is 37.2 Å². The minimum atomic E-state index is -3.51. The summed E-state index contributed by atoms with van der Waals surface area (Å²) >= 11 is 0. The zero-order chi connectivity index (χ0) is 20.3. The average molecular weight is 404 g/mol. The van der Waals surface area contributed by atoms with Crippen LogP contribution in [0.2, 0.25) is 0 Å². The third-order valence-corrected chi connectivity index (χ3v) is 6.56. The molecule has 0 radical (unpaired) electrons. The number of phenolic OH excluding ortho intramolecular Hbond substituents is 1. The number of phenols is 1. The summed E-state index contributed by atoms with van der Waals surface area (Å²) in [5.41, 5.74) is 0.463. The molecule has 2 aromatic carbocycles. The summed E-state index contributed by atoms with van der Waals surface area (Å²) in [4.78, 5) is 14.6. The SMILES string of the molecule is CN(C)S(=O)(=O)c1ccc(C(=O)N2CCC(Oc3cccc(O)c3)CC2)cc1. The summed E-state index contributed by atoms with van der Waals surface area (Å²) in [5, 5.41) is 9.51. The Balaban J connectivity index is 1.59. The van der Waals surface area contributed by atoms with E-state index < -0.39 is 10.0 Å². The van der Waals surface area contributed by atoms with Gasteiger partial charge >= 0.3 is 0 Å². The Hall–Kier alpha value is -2.58. The first-order valence-corrected chi connectivity index (χ1v) is 10.5. The predicted octanol–water partition coefficient (Wildman–Crippen LogP) is 2.33. The van der Waals surface area contributed by atoms with E-state index in [-0.39, 0.29) is 22.7 Å². The molecule has 1 saturated heterocycles. The van der Waals surface area contributed by atoms with Gasteiger partial charge in [-0.25, -0.2) is 12.7 Å². The Kier molecular flexibility index (Phi) is 5.90. The van der Waals surface area contributed by atoms with Crippen LogP contribution in [0.25, 0.3) is 0 Å². The molecule has 3 rings (SSSR count). The zero-order valence-electron chi connectivity index (χ0n) is 15.9. The summed E-state index contributed by atoms with van der Waals surface area (Å²) < 4.78 is 31.3. The van der Waals surface area contributed by atoms with E-state index in [4.69, 9.17) is 4.74 Å². The fourth-order valence-electron chi connectivity index (χ4n) is 3.09. The molecule has 0 atom stereocenters. The van der Waals surface area contributed by atoms with Crippen molar-refractivity contribution in [2.75, 3.05) is 27.2 Å². The van der Waals surface area contributed by atoms with Crippen LogP contribution in [-0.4, -0.2) is 61.9 Å². The molecule has 0 bridgehead atoms. The molecular formula is C20H24N2O5S. The Morgan fingerprint density at radius 1 is 1.11 bits per heavy atom. The maximum absolute atomic E-state index is 12.7. The van der Waals surface area contributed by atoms with E-state index in [2.05, 4.69) is 0 Å². The summed E-state index contributed by atoms with van der Waals surface area (Å²) in [6.45, 7) is 1.11. The van der Waals surface area contributed by atoms with Crippen LogP contribution in [0.3, 0.4) is 0 Å². The number of hydrogen-bond acceptors (Lipinski definition) is 5. The first-order chi connectivity index (χ1) is 13.3. The number of carbonyl (C=O) groups excluding carboxylic acids is 1. The van der Waals surface area contributed by atoms with Crippen molar-refractivity contribution in [2.45, 2.75) is 23.8 Å². The topological polar surface area (TPSA) is 87.2 Å². The monoisotopic (exact) mass is 404 g/mol. The minimum Gasteiger partial charge on any atom is -0.508 e. The summed E-state index contributed by atoms with van der Waals surface area (Å²) in [5.74, 6) is 0.650. The van der Waals surface area contributed by atoms with Crippen molar-refractivity contribution in [3.63, 3.8) is 0 Å². The van der Waals surface area contributed by atoms with Gasteiger partial charge in [-0.05, 0) is 36.4 Å². The normalized spacial score (nSPS) is 15.6. The first-order valence-electron chi connectivity index (χ1n) is 9.05. The van der Waals surface area contributed by atoms with Crippen molar-refractivity contribution in [2.24, 2.45) is 0 Å². The van der Waals surface area contributed by atoms with E-state index >= 15 is 0 Å². The lowest BCUT2D eigenvalue weighted by Gasteiger charge is -2.32. The molecule has 2 aromatic rings. The quantitative estimate of drug-likeness (QED) is 0.826. The van der Waals surface area contributed by atoms with Crippen molar-refractivity contribution in [1.82, 2.24) is 9.21 Å². The average Bonchev–Trinajstić information content (AvgIpc) is 2.68. The number of nitrogens with zero attached hydrogens (tertiary/aromatic N) is 2. The molecule has 0 aromatic heterocycles. The van der Waals surface area contributed by atoms with Crippen molar-refractivity contribution < 1.29 is 23.1 Å². The Labute approximate surface area is 165 Å². The second kappa shape index (κ2) is 8.20. The van der Waals surface area contributed by atoms with E-state index in [1.807, 2.05) is 0 Å². The molecule has 150 valence electrons. The van der Waals surface area contributed by atoms with Crippen LogP contribution in [0, 0.1) is 0 Å². The molecule has 1 heterocycles. The molecule has 1 aliphatic rings. The van der Waals surface area contributed by atoms with Gasteiger partial charge in [-0.15, -0.1) is 0 Å². The van der Waals surface area contributed by atoms with Crippen LogP contribution in [0.5, 0.6) is 11.5 Å². The number of hydrogen-bond donors (Lipinski definition) is 1. The van der Waals surface area contributed by atoms with Crippen LogP contribution in [0.1, 0.15) is 23.2 Å². The largest absolute Gasteiger partial charge is 0.508 e. The molecular weight excluding hydrogens is 380 g/mol. The van der Waals surface area contributed by atoms with E-state index in [0.717, 1.165) is 4.31 Å². The number of likely N-dealkylation sites (tertiary alicyclic amines) is 1. The second-order valence-corrected chi connectivity index (χ2v) is 9.07. The highest BCUT2D eigenvalue weighted by Crippen LogP contribution is 2.23. The number of ether oxygens (including phenoxy) is 1. The lowest BCUT2D eigenvalue weighted by Crippen LogP contribution is -2.41. The zero-order valence-corrected chi connectivity index (χ0v) is 16.7. The molecule has 1 N–H and O–H groups in total. The van der Waals surface area contributed by atoms with Gasteiger partial charge in [0.25, 0.3) is 5.91 Å². The number of amides is 1. The Morgan fingerprint density at radius 3 is 2.32 bits per heavy atom. The van der Waals surface area contributed by atoms with Crippen molar-refractivity contribution >= 4 is 15.9 Å². The fraction of sp³-hybridized carbons (Fsp3) is 0.350. The van der Waals surface area contributed by atoms with Crippen LogP contribution >= 0.6 is 0 Å². The van der Waals surface area contributed by atoms with E-state index in [1.165, 1.54) is 26.2 Å². The standard InChI is InChI=1S/C20H24N2O5S/c1-21(2)28(25,26)19-8-6-15(7-9-19)20(24)22-12-10-17(11-13-22)27-18-5-3-4-16(23)14-18/h3-9,14,17,23H,10-13H2,1-2H3. The fourth-order valence-corrected chi connectivity index (χ4v) is 3.99. The van der Waals surface area contributed by atoms with Gasteiger partial charge in [-0.3, -0.25) is 4.79 Å². The molecule has 28 heavy (non-hydrogen) atoms. The number of carbonyl (C=O) groups is 1. The molecule has 0 unspecified atom stereocenters. The third kappa shape index (κ3) is 4.45. The molecule has 1 aliphatic heterocycles. The summed E-state index contributed by atoms with van der Waals surface area (Å²) in [7, 11) is -0.571. The van der Waals surface area contributed by atoms with Crippen LogP contribution in [-0.2, 0) is 10.0 Å². The first kappa shape index (κ1) is 20.2. The number of rotatable bonds is 5. The molecule has 1 amide bonds. The smallest absolute Gasteiger partial charge is 0.253 e. The van der Waals surface area contributed by atoms with Gasteiger partial charge < -0.3 is 14.7 Å². The summed E-state index contributed by atoms with van der Waals surface area (Å²) in [6, 6.07) is 12.7. The van der Waals surface area contributed by atoms with Gasteiger partial charge in [0.05, 0.1) is 4.90 Å². The summed E-state index contributed by atoms with van der Waals surface area (Å²) in [6.07, 6.45) is 1.36. The molecule has 8 heteroatoms. The van der Waals surface area contributed by atoms with Gasteiger partial charge in [0.15, 0.2) is 0 Å². The lowest BCUT2D eigenvalue weighted by atomic mass is 10.1. The number of benzene rings is 2. The number of piperidine rings is 1.